The number of rotatable bonds is 6. The van der Waals surface area contributed by atoms with E-state index < -0.39 is 5.97 Å². The number of carbonyl (C=O) groups is 1. The Balaban J connectivity index is 1.35. The van der Waals surface area contributed by atoms with E-state index in [2.05, 4.69) is 31.1 Å². The van der Waals surface area contributed by atoms with Crippen molar-refractivity contribution >= 4 is 44.1 Å². The lowest BCUT2D eigenvalue weighted by molar-refractivity contribution is -0.145. The number of hydrogen-bond acceptors (Lipinski definition) is 8. The van der Waals surface area contributed by atoms with Crippen LogP contribution in [0.4, 0.5) is 0 Å². The van der Waals surface area contributed by atoms with Crippen LogP contribution in [-0.4, -0.2) is 25.7 Å². The number of nitrogens with zero attached hydrogens (tertiary/aromatic N) is 4. The summed E-state index contributed by atoms with van der Waals surface area (Å²) in [5.41, 5.74) is 0.392. The number of benzene rings is 1. The summed E-state index contributed by atoms with van der Waals surface area (Å²) >= 11 is 4.82. The first kappa shape index (κ1) is 18.5. The van der Waals surface area contributed by atoms with Gasteiger partial charge < -0.3 is 9.26 Å². The van der Waals surface area contributed by atoms with Crippen LogP contribution in [0, 0.1) is 0 Å². The summed E-state index contributed by atoms with van der Waals surface area (Å²) in [5, 5.41) is 6.18. The second-order valence-electron chi connectivity index (χ2n) is 5.81. The van der Waals surface area contributed by atoms with E-state index in [9.17, 15) is 9.59 Å². The van der Waals surface area contributed by atoms with E-state index in [-0.39, 0.29) is 31.0 Å². The maximum atomic E-state index is 12.5. The SMILES string of the molecule is O=C(CCn1cnc2ccc(Br)cc2c1=O)OCc1noc(-c2cccs2)n1. The predicted octanol–water partition coefficient (Wildman–Crippen LogP) is 3.40. The Morgan fingerprint density at radius 3 is 3.04 bits per heavy atom. The molecule has 0 saturated carbocycles. The Labute approximate surface area is 170 Å². The third-order valence-electron chi connectivity index (χ3n) is 3.91. The fourth-order valence-corrected chi connectivity index (χ4v) is 3.54. The number of ether oxygens (including phenoxy) is 1. The Morgan fingerprint density at radius 2 is 2.21 bits per heavy atom. The minimum atomic E-state index is -0.469. The molecular formula is C18H13BrN4O4S. The average molecular weight is 461 g/mol. The van der Waals surface area contributed by atoms with Crippen molar-refractivity contribution in [1.82, 2.24) is 19.7 Å². The van der Waals surface area contributed by atoms with E-state index in [1.807, 2.05) is 23.6 Å². The van der Waals surface area contributed by atoms with Crippen LogP contribution in [0.3, 0.4) is 0 Å². The molecule has 0 unspecified atom stereocenters. The summed E-state index contributed by atoms with van der Waals surface area (Å²) < 4.78 is 12.5. The molecule has 0 atom stereocenters. The average Bonchev–Trinajstić information content (AvgIpc) is 3.38. The van der Waals surface area contributed by atoms with E-state index >= 15 is 0 Å². The first-order valence-corrected chi connectivity index (χ1v) is 9.94. The van der Waals surface area contributed by atoms with E-state index in [0.717, 1.165) is 9.35 Å². The zero-order chi connectivity index (χ0) is 19.5. The van der Waals surface area contributed by atoms with Gasteiger partial charge in [-0.15, -0.1) is 11.3 Å². The smallest absolute Gasteiger partial charge is 0.308 e. The highest BCUT2D eigenvalue weighted by Gasteiger charge is 2.12. The normalized spacial score (nSPS) is 11.0. The third kappa shape index (κ3) is 4.02. The Hall–Kier alpha value is -2.85. The molecule has 0 bridgehead atoms. The highest BCUT2D eigenvalue weighted by Crippen LogP contribution is 2.22. The van der Waals surface area contributed by atoms with E-state index in [1.165, 1.54) is 22.2 Å². The van der Waals surface area contributed by atoms with Gasteiger partial charge in [-0.1, -0.05) is 27.2 Å². The molecule has 0 aliphatic heterocycles. The molecule has 28 heavy (non-hydrogen) atoms. The fraction of sp³-hybridized carbons (Fsp3) is 0.167. The molecule has 10 heteroatoms. The van der Waals surface area contributed by atoms with Crippen LogP contribution in [0.25, 0.3) is 21.7 Å². The van der Waals surface area contributed by atoms with Crippen LogP contribution < -0.4 is 5.56 Å². The molecule has 0 radical (unpaired) electrons. The minimum Gasteiger partial charge on any atom is -0.457 e. The monoisotopic (exact) mass is 460 g/mol. The van der Waals surface area contributed by atoms with Crippen molar-refractivity contribution in [2.75, 3.05) is 0 Å². The second kappa shape index (κ2) is 8.03. The van der Waals surface area contributed by atoms with Gasteiger partial charge in [-0.2, -0.15) is 4.98 Å². The summed E-state index contributed by atoms with van der Waals surface area (Å²) in [6.07, 6.45) is 1.45. The molecule has 0 spiro atoms. The molecule has 142 valence electrons. The van der Waals surface area contributed by atoms with Crippen LogP contribution in [0.1, 0.15) is 12.2 Å². The molecule has 0 aliphatic rings. The molecule has 0 fully saturated rings. The van der Waals surface area contributed by atoms with Crippen LogP contribution in [-0.2, 0) is 22.7 Å². The molecule has 8 nitrogen and oxygen atoms in total. The highest BCUT2D eigenvalue weighted by atomic mass is 79.9. The van der Waals surface area contributed by atoms with Crippen molar-refractivity contribution < 1.29 is 14.1 Å². The summed E-state index contributed by atoms with van der Waals surface area (Å²) in [6, 6.07) is 9.03. The first-order chi connectivity index (χ1) is 13.6. The lowest BCUT2D eigenvalue weighted by Crippen LogP contribution is -2.22. The lowest BCUT2D eigenvalue weighted by Gasteiger charge is -2.06. The lowest BCUT2D eigenvalue weighted by atomic mass is 10.2. The number of fused-ring (bicyclic) bond motifs is 1. The van der Waals surface area contributed by atoms with Crippen molar-refractivity contribution in [1.29, 1.82) is 0 Å². The quantitative estimate of drug-likeness (QED) is 0.406. The Bertz CT molecular complexity index is 1190. The van der Waals surface area contributed by atoms with E-state index in [1.54, 1.807) is 12.1 Å². The molecule has 4 rings (SSSR count). The standard InChI is InChI=1S/C18H13BrN4O4S/c19-11-3-4-13-12(8-11)18(25)23(10-20-13)6-5-16(24)26-9-15-21-17(27-22-15)14-2-1-7-28-14/h1-4,7-8,10H,5-6,9H2. The van der Waals surface area contributed by atoms with Gasteiger partial charge in [0.2, 0.25) is 5.82 Å². The van der Waals surface area contributed by atoms with E-state index in [0.29, 0.717) is 16.8 Å². The summed E-state index contributed by atoms with van der Waals surface area (Å²) in [4.78, 5) is 33.8. The van der Waals surface area contributed by atoms with Crippen LogP contribution in [0.15, 0.2) is 55.8 Å². The molecule has 0 aliphatic carbocycles. The maximum Gasteiger partial charge on any atom is 0.308 e. The Kier molecular flexibility index (Phi) is 5.31. The molecule has 0 N–H and O–H groups in total. The van der Waals surface area contributed by atoms with Crippen molar-refractivity contribution in [3.05, 3.63) is 62.7 Å². The van der Waals surface area contributed by atoms with Crippen LogP contribution in [0.5, 0.6) is 0 Å². The zero-order valence-electron chi connectivity index (χ0n) is 14.4. The van der Waals surface area contributed by atoms with Gasteiger partial charge in [-0.25, -0.2) is 4.98 Å². The third-order valence-corrected chi connectivity index (χ3v) is 5.26. The maximum absolute atomic E-state index is 12.5. The minimum absolute atomic E-state index is 0.0245. The number of thiophene rings is 1. The van der Waals surface area contributed by atoms with Crippen molar-refractivity contribution in [3.63, 3.8) is 0 Å². The molecular weight excluding hydrogens is 448 g/mol. The zero-order valence-corrected chi connectivity index (χ0v) is 16.8. The first-order valence-electron chi connectivity index (χ1n) is 8.27. The summed E-state index contributed by atoms with van der Waals surface area (Å²) in [6.45, 7) is 0.0747. The van der Waals surface area contributed by atoms with Gasteiger partial charge in [-0.3, -0.25) is 14.2 Å². The molecule has 3 heterocycles. The molecule has 0 saturated heterocycles. The van der Waals surface area contributed by atoms with Gasteiger partial charge in [-0.05, 0) is 29.6 Å². The van der Waals surface area contributed by atoms with Gasteiger partial charge in [0.15, 0.2) is 6.61 Å². The predicted molar refractivity (Wildman–Crippen MR) is 106 cm³/mol. The molecule has 3 aromatic heterocycles. The van der Waals surface area contributed by atoms with Gasteiger partial charge >= 0.3 is 5.97 Å². The van der Waals surface area contributed by atoms with Crippen molar-refractivity contribution in [2.45, 2.75) is 19.6 Å². The summed E-state index contributed by atoms with van der Waals surface area (Å²) in [7, 11) is 0. The van der Waals surface area contributed by atoms with Gasteiger partial charge in [0, 0.05) is 11.0 Å². The Morgan fingerprint density at radius 1 is 1.32 bits per heavy atom. The highest BCUT2D eigenvalue weighted by molar-refractivity contribution is 9.10. The van der Waals surface area contributed by atoms with Crippen molar-refractivity contribution in [3.8, 4) is 10.8 Å². The second-order valence-corrected chi connectivity index (χ2v) is 7.67. The number of carbonyl (C=O) groups excluding carboxylic acids is 1. The molecule has 1 aromatic carbocycles. The van der Waals surface area contributed by atoms with Gasteiger partial charge in [0.25, 0.3) is 11.4 Å². The summed E-state index contributed by atoms with van der Waals surface area (Å²) in [5.74, 6) is 0.204. The van der Waals surface area contributed by atoms with E-state index in [4.69, 9.17) is 9.26 Å². The molecule has 4 aromatic rings. The van der Waals surface area contributed by atoms with Crippen LogP contribution >= 0.6 is 27.3 Å². The van der Waals surface area contributed by atoms with Crippen molar-refractivity contribution in [2.24, 2.45) is 0 Å². The largest absolute Gasteiger partial charge is 0.457 e. The van der Waals surface area contributed by atoms with Crippen LogP contribution in [0.2, 0.25) is 0 Å². The van der Waals surface area contributed by atoms with Gasteiger partial charge in [0.1, 0.15) is 0 Å². The fourth-order valence-electron chi connectivity index (χ4n) is 2.53. The number of halogens is 1. The number of aryl methyl sites for hydroxylation is 1. The number of esters is 1. The number of hydrogen-bond donors (Lipinski definition) is 0. The topological polar surface area (TPSA) is 100 Å². The number of aromatic nitrogens is 4. The van der Waals surface area contributed by atoms with Gasteiger partial charge in [0.05, 0.1) is 28.5 Å². The molecule has 0 amide bonds.